The van der Waals surface area contributed by atoms with Gasteiger partial charge in [-0.25, -0.2) is 0 Å². The summed E-state index contributed by atoms with van der Waals surface area (Å²) >= 11 is 0. The minimum Gasteiger partial charge on any atom is -0.342 e. The van der Waals surface area contributed by atoms with E-state index in [4.69, 9.17) is 5.73 Å². The summed E-state index contributed by atoms with van der Waals surface area (Å²) in [5.74, 6) is 1.34. The minimum atomic E-state index is 0. The van der Waals surface area contributed by atoms with E-state index in [1.54, 1.807) is 0 Å². The molecule has 2 fully saturated rings. The Morgan fingerprint density at radius 2 is 1.79 bits per heavy atom. The molecule has 134 valence electrons. The third-order valence-electron chi connectivity index (χ3n) is 5.71. The summed E-state index contributed by atoms with van der Waals surface area (Å²) in [5, 5.41) is 0. The molecular weight excluding hydrogens is 320 g/mol. The summed E-state index contributed by atoms with van der Waals surface area (Å²) in [6.45, 7) is 4.03. The first-order valence-corrected chi connectivity index (χ1v) is 9.21. The molecule has 1 amide bonds. The maximum atomic E-state index is 12.5. The van der Waals surface area contributed by atoms with Gasteiger partial charge in [-0.2, -0.15) is 0 Å². The first kappa shape index (κ1) is 19.3. The average Bonchev–Trinajstić information content (AvgIpc) is 3.01. The number of carbonyl (C=O) groups is 1. The highest BCUT2D eigenvalue weighted by molar-refractivity contribution is 5.85. The van der Waals surface area contributed by atoms with E-state index in [1.165, 1.54) is 17.5 Å². The van der Waals surface area contributed by atoms with E-state index in [2.05, 4.69) is 36.1 Å². The molecule has 1 aromatic rings. The maximum Gasteiger partial charge on any atom is 0.225 e. The summed E-state index contributed by atoms with van der Waals surface area (Å²) in [4.78, 5) is 14.6. The molecule has 3 rings (SSSR count). The van der Waals surface area contributed by atoms with Gasteiger partial charge in [-0.1, -0.05) is 29.8 Å². The van der Waals surface area contributed by atoms with Gasteiger partial charge in [0, 0.05) is 25.0 Å². The molecular formula is C20H31ClN2O. The zero-order valence-corrected chi connectivity index (χ0v) is 15.6. The number of piperidine rings is 1. The molecule has 2 unspecified atom stereocenters. The normalized spacial score (nSPS) is 24.7. The smallest absolute Gasteiger partial charge is 0.225 e. The number of benzene rings is 1. The number of likely N-dealkylation sites (tertiary alicyclic amines) is 1. The molecule has 2 aliphatic rings. The number of hydrogen-bond acceptors (Lipinski definition) is 2. The molecule has 1 saturated carbocycles. The largest absolute Gasteiger partial charge is 0.342 e. The van der Waals surface area contributed by atoms with Crippen molar-refractivity contribution in [3.05, 3.63) is 35.4 Å². The van der Waals surface area contributed by atoms with E-state index in [9.17, 15) is 4.79 Å². The number of aryl methyl sites for hydroxylation is 2. The molecule has 0 spiro atoms. The van der Waals surface area contributed by atoms with Crippen LogP contribution in [-0.4, -0.2) is 29.9 Å². The lowest BCUT2D eigenvalue weighted by atomic mass is 9.90. The average molecular weight is 351 g/mol. The quantitative estimate of drug-likeness (QED) is 0.899. The monoisotopic (exact) mass is 350 g/mol. The van der Waals surface area contributed by atoms with Gasteiger partial charge in [0.2, 0.25) is 5.91 Å². The molecule has 1 aromatic carbocycles. The molecule has 4 heteroatoms. The number of hydrogen-bond donors (Lipinski definition) is 1. The number of amides is 1. The Balaban J connectivity index is 0.00000208. The van der Waals surface area contributed by atoms with Crippen LogP contribution in [0.2, 0.25) is 0 Å². The summed E-state index contributed by atoms with van der Waals surface area (Å²) in [6, 6.07) is 9.14. The van der Waals surface area contributed by atoms with Gasteiger partial charge in [0.15, 0.2) is 0 Å². The van der Waals surface area contributed by atoms with E-state index >= 15 is 0 Å². The van der Waals surface area contributed by atoms with Crippen molar-refractivity contribution in [1.29, 1.82) is 0 Å². The second kappa shape index (κ2) is 8.87. The first-order chi connectivity index (χ1) is 11.1. The SMILES string of the molecule is Cc1ccc(CCC2CCN(C(=O)C3CCC(N)C3)CC2)cc1.Cl. The van der Waals surface area contributed by atoms with Gasteiger partial charge in [-0.05, 0) is 63.4 Å². The molecule has 1 aliphatic heterocycles. The molecule has 0 bridgehead atoms. The van der Waals surface area contributed by atoms with Crippen molar-refractivity contribution in [2.24, 2.45) is 17.6 Å². The van der Waals surface area contributed by atoms with Gasteiger partial charge in [-0.15, -0.1) is 12.4 Å². The molecule has 1 aliphatic carbocycles. The first-order valence-electron chi connectivity index (χ1n) is 9.21. The fourth-order valence-electron chi connectivity index (χ4n) is 4.07. The van der Waals surface area contributed by atoms with E-state index in [-0.39, 0.29) is 24.4 Å². The fraction of sp³-hybridized carbons (Fsp3) is 0.650. The molecule has 2 N–H and O–H groups in total. The lowest BCUT2D eigenvalue weighted by Crippen LogP contribution is -2.41. The number of nitrogens with zero attached hydrogens (tertiary/aromatic N) is 1. The van der Waals surface area contributed by atoms with Crippen molar-refractivity contribution in [1.82, 2.24) is 4.90 Å². The summed E-state index contributed by atoms with van der Waals surface area (Å²) in [6.07, 6.45) is 7.64. The van der Waals surface area contributed by atoms with Crippen LogP contribution >= 0.6 is 12.4 Å². The summed E-state index contributed by atoms with van der Waals surface area (Å²) in [7, 11) is 0. The van der Waals surface area contributed by atoms with Crippen molar-refractivity contribution < 1.29 is 4.79 Å². The second-order valence-electron chi connectivity index (χ2n) is 7.56. The molecule has 24 heavy (non-hydrogen) atoms. The van der Waals surface area contributed by atoms with Crippen LogP contribution in [0.5, 0.6) is 0 Å². The number of halogens is 1. The van der Waals surface area contributed by atoms with Crippen LogP contribution in [-0.2, 0) is 11.2 Å². The van der Waals surface area contributed by atoms with E-state index in [1.807, 2.05) is 0 Å². The number of carbonyl (C=O) groups excluding carboxylic acids is 1. The van der Waals surface area contributed by atoms with Gasteiger partial charge >= 0.3 is 0 Å². The predicted octanol–water partition coefficient (Wildman–Crippen LogP) is 3.72. The van der Waals surface area contributed by atoms with Crippen LogP contribution in [0.1, 0.15) is 49.7 Å². The zero-order valence-electron chi connectivity index (χ0n) is 14.7. The van der Waals surface area contributed by atoms with E-state index < -0.39 is 0 Å². The Morgan fingerprint density at radius 3 is 2.38 bits per heavy atom. The summed E-state index contributed by atoms with van der Waals surface area (Å²) < 4.78 is 0. The number of rotatable bonds is 4. The predicted molar refractivity (Wildman–Crippen MR) is 101 cm³/mol. The maximum absolute atomic E-state index is 12.5. The van der Waals surface area contributed by atoms with Crippen molar-refractivity contribution in [3.8, 4) is 0 Å². The van der Waals surface area contributed by atoms with Crippen LogP contribution in [0.15, 0.2) is 24.3 Å². The lowest BCUT2D eigenvalue weighted by Gasteiger charge is -2.33. The van der Waals surface area contributed by atoms with Crippen molar-refractivity contribution in [3.63, 3.8) is 0 Å². The highest BCUT2D eigenvalue weighted by Crippen LogP contribution is 2.29. The minimum absolute atomic E-state index is 0. The Labute approximate surface area is 152 Å². The van der Waals surface area contributed by atoms with Gasteiger partial charge < -0.3 is 10.6 Å². The van der Waals surface area contributed by atoms with Crippen LogP contribution in [0, 0.1) is 18.8 Å². The Bertz CT molecular complexity index is 523. The lowest BCUT2D eigenvalue weighted by molar-refractivity contribution is -0.136. The molecule has 1 heterocycles. The van der Waals surface area contributed by atoms with Crippen molar-refractivity contribution in [2.45, 2.75) is 57.9 Å². The topological polar surface area (TPSA) is 46.3 Å². The molecule has 0 aromatic heterocycles. The third-order valence-corrected chi connectivity index (χ3v) is 5.71. The molecule has 1 saturated heterocycles. The zero-order chi connectivity index (χ0) is 16.2. The van der Waals surface area contributed by atoms with Crippen LogP contribution in [0.25, 0.3) is 0 Å². The Kier molecular flexibility index (Phi) is 7.12. The highest BCUT2D eigenvalue weighted by Gasteiger charge is 2.32. The molecule has 2 atom stereocenters. The third kappa shape index (κ3) is 4.97. The molecule has 3 nitrogen and oxygen atoms in total. The van der Waals surface area contributed by atoms with Gasteiger partial charge in [0.05, 0.1) is 0 Å². The van der Waals surface area contributed by atoms with Gasteiger partial charge in [0.25, 0.3) is 0 Å². The van der Waals surface area contributed by atoms with Crippen LogP contribution in [0.4, 0.5) is 0 Å². The molecule has 0 radical (unpaired) electrons. The van der Waals surface area contributed by atoms with Gasteiger partial charge in [0.1, 0.15) is 0 Å². The summed E-state index contributed by atoms with van der Waals surface area (Å²) in [5.41, 5.74) is 8.71. The van der Waals surface area contributed by atoms with Gasteiger partial charge in [-0.3, -0.25) is 4.79 Å². The Morgan fingerprint density at radius 1 is 1.12 bits per heavy atom. The van der Waals surface area contributed by atoms with Crippen LogP contribution < -0.4 is 5.73 Å². The second-order valence-corrected chi connectivity index (χ2v) is 7.56. The van der Waals surface area contributed by atoms with E-state index in [0.717, 1.165) is 57.5 Å². The van der Waals surface area contributed by atoms with E-state index in [0.29, 0.717) is 5.91 Å². The standard InChI is InChI=1S/C20H30N2O.ClH/c1-15-2-4-16(5-3-15)6-7-17-10-12-22(13-11-17)20(23)18-8-9-19(21)14-18;/h2-5,17-19H,6-14,21H2,1H3;1H. The fourth-order valence-corrected chi connectivity index (χ4v) is 4.07. The van der Waals surface area contributed by atoms with Crippen LogP contribution in [0.3, 0.4) is 0 Å². The van der Waals surface area contributed by atoms with Crippen molar-refractivity contribution in [2.75, 3.05) is 13.1 Å². The number of nitrogens with two attached hydrogens (primary N) is 1. The van der Waals surface area contributed by atoms with Crippen molar-refractivity contribution >= 4 is 18.3 Å². The Hall–Kier alpha value is -1.06. The highest BCUT2D eigenvalue weighted by atomic mass is 35.5.